The predicted octanol–water partition coefficient (Wildman–Crippen LogP) is 1.36. The summed E-state index contributed by atoms with van der Waals surface area (Å²) in [6, 6.07) is 0. The second-order valence-corrected chi connectivity index (χ2v) is 8.53. The van der Waals surface area contributed by atoms with Gasteiger partial charge in [-0.1, -0.05) is 13.8 Å². The first-order valence-corrected chi connectivity index (χ1v) is 8.57. The van der Waals surface area contributed by atoms with E-state index in [1.54, 1.807) is 20.8 Å². The van der Waals surface area contributed by atoms with Gasteiger partial charge in [-0.25, -0.2) is 8.42 Å². The van der Waals surface area contributed by atoms with Crippen molar-refractivity contribution in [3.05, 3.63) is 0 Å². The first-order chi connectivity index (χ1) is 8.58. The van der Waals surface area contributed by atoms with E-state index in [2.05, 4.69) is 5.32 Å². The van der Waals surface area contributed by atoms with Gasteiger partial charge in [0.2, 0.25) is 15.9 Å². The van der Waals surface area contributed by atoms with Gasteiger partial charge in [0.1, 0.15) is 4.33 Å². The molecule has 112 valence electrons. The molecule has 1 aliphatic rings. The summed E-state index contributed by atoms with van der Waals surface area (Å²) in [6.07, 6.45) is 0.445. The van der Waals surface area contributed by atoms with Crippen LogP contribution in [-0.2, 0) is 14.8 Å². The van der Waals surface area contributed by atoms with Crippen LogP contribution in [0.4, 0.5) is 0 Å². The van der Waals surface area contributed by atoms with Crippen molar-refractivity contribution in [1.29, 1.82) is 0 Å². The van der Waals surface area contributed by atoms with E-state index in [1.807, 2.05) is 0 Å². The molecule has 0 unspecified atom stereocenters. The Bertz CT molecular complexity index is 453. The molecule has 1 atom stereocenters. The van der Waals surface area contributed by atoms with E-state index in [0.717, 1.165) is 4.31 Å². The maximum Gasteiger partial charge on any atom is 0.235 e. The third kappa shape index (κ3) is 3.97. The zero-order chi connectivity index (χ0) is 14.9. The molecular formula is C11H20Cl2N2O3S. The molecule has 0 heterocycles. The van der Waals surface area contributed by atoms with Crippen molar-refractivity contribution in [2.45, 2.75) is 31.5 Å². The number of carbonyl (C=O) groups excluding carboxylic acids is 1. The third-order valence-electron chi connectivity index (χ3n) is 3.31. The minimum Gasteiger partial charge on any atom is -0.355 e. The highest BCUT2D eigenvalue weighted by molar-refractivity contribution is 7.89. The number of rotatable bonds is 7. The Labute approximate surface area is 124 Å². The predicted molar refractivity (Wildman–Crippen MR) is 76.9 cm³/mol. The first-order valence-electron chi connectivity index (χ1n) is 6.20. The number of carbonyl (C=O) groups is 1. The molecule has 0 spiro atoms. The van der Waals surface area contributed by atoms with E-state index in [9.17, 15) is 13.2 Å². The van der Waals surface area contributed by atoms with Gasteiger partial charge >= 0.3 is 0 Å². The molecule has 0 aromatic heterocycles. The number of alkyl halides is 2. The highest BCUT2D eigenvalue weighted by Gasteiger charge is 2.64. The molecule has 0 aromatic carbocycles. The summed E-state index contributed by atoms with van der Waals surface area (Å²) in [5.41, 5.74) is -0.635. The largest absolute Gasteiger partial charge is 0.355 e. The van der Waals surface area contributed by atoms with Crippen LogP contribution in [0.25, 0.3) is 0 Å². The van der Waals surface area contributed by atoms with Crippen molar-refractivity contribution in [3.8, 4) is 0 Å². The zero-order valence-corrected chi connectivity index (χ0v) is 13.7. The molecule has 1 fully saturated rings. The highest BCUT2D eigenvalue weighted by Crippen LogP contribution is 2.64. The Hall–Kier alpha value is -0.0400. The topological polar surface area (TPSA) is 66.5 Å². The van der Waals surface area contributed by atoms with E-state index in [1.165, 1.54) is 0 Å². The van der Waals surface area contributed by atoms with E-state index < -0.39 is 19.8 Å². The monoisotopic (exact) mass is 330 g/mol. The number of halogens is 2. The van der Waals surface area contributed by atoms with Crippen molar-refractivity contribution < 1.29 is 13.2 Å². The zero-order valence-electron chi connectivity index (χ0n) is 11.4. The van der Waals surface area contributed by atoms with Gasteiger partial charge in [-0.2, -0.15) is 4.31 Å². The lowest BCUT2D eigenvalue weighted by atomic mass is 10.2. The molecule has 0 saturated heterocycles. The van der Waals surface area contributed by atoms with Gasteiger partial charge in [0.25, 0.3) is 0 Å². The molecule has 0 aromatic rings. The molecule has 0 aliphatic heterocycles. The van der Waals surface area contributed by atoms with Crippen LogP contribution in [0, 0.1) is 5.41 Å². The molecular weight excluding hydrogens is 311 g/mol. The van der Waals surface area contributed by atoms with Gasteiger partial charge < -0.3 is 5.32 Å². The fourth-order valence-corrected chi connectivity index (χ4v) is 4.84. The Balaban J connectivity index is 2.72. The first kappa shape index (κ1) is 17.0. The molecule has 1 saturated carbocycles. The van der Waals surface area contributed by atoms with Gasteiger partial charge in [-0.05, 0) is 13.3 Å². The van der Waals surface area contributed by atoms with Crippen LogP contribution in [-0.4, -0.2) is 48.4 Å². The van der Waals surface area contributed by atoms with E-state index in [-0.39, 0.29) is 24.7 Å². The fourth-order valence-electron chi connectivity index (χ4n) is 1.92. The number of likely N-dealkylation sites (N-methyl/N-ethyl adjacent to an activating group) is 2. The van der Waals surface area contributed by atoms with Gasteiger partial charge in [0.15, 0.2) is 0 Å². The molecule has 0 bridgehead atoms. The summed E-state index contributed by atoms with van der Waals surface area (Å²) >= 11 is 11.9. The Morgan fingerprint density at radius 1 is 1.37 bits per heavy atom. The maximum absolute atomic E-state index is 12.3. The van der Waals surface area contributed by atoms with Gasteiger partial charge in [-0.15, -0.1) is 23.2 Å². The summed E-state index contributed by atoms with van der Waals surface area (Å²) in [4.78, 5) is 11.5. The minimum absolute atomic E-state index is 0.139. The van der Waals surface area contributed by atoms with Crippen molar-refractivity contribution >= 4 is 39.1 Å². The molecule has 5 nitrogen and oxygen atoms in total. The van der Waals surface area contributed by atoms with Crippen LogP contribution >= 0.6 is 23.2 Å². The van der Waals surface area contributed by atoms with Crippen LogP contribution < -0.4 is 5.32 Å². The van der Waals surface area contributed by atoms with Crippen molar-refractivity contribution in [1.82, 2.24) is 9.62 Å². The number of hydrogen-bond donors (Lipinski definition) is 1. The molecule has 0 radical (unpaired) electrons. The summed E-state index contributed by atoms with van der Waals surface area (Å²) in [5.74, 6) is -0.447. The average Bonchev–Trinajstić information content (AvgIpc) is 2.72. The Morgan fingerprint density at radius 3 is 2.26 bits per heavy atom. The van der Waals surface area contributed by atoms with Crippen molar-refractivity contribution in [2.24, 2.45) is 5.41 Å². The SMILES string of the molecule is CCNC(=O)CN(CC)S(=O)(=O)C[C@@]1(C)CC1(Cl)Cl. The van der Waals surface area contributed by atoms with Crippen molar-refractivity contribution in [2.75, 3.05) is 25.4 Å². The molecule has 1 aliphatic carbocycles. The van der Waals surface area contributed by atoms with Gasteiger partial charge in [-0.3, -0.25) is 4.79 Å². The van der Waals surface area contributed by atoms with Crippen LogP contribution in [0.15, 0.2) is 0 Å². The van der Waals surface area contributed by atoms with Gasteiger partial charge in [0, 0.05) is 18.5 Å². The van der Waals surface area contributed by atoms with Crippen LogP contribution in [0.2, 0.25) is 0 Å². The number of hydrogen-bond acceptors (Lipinski definition) is 3. The standard InChI is InChI=1S/C11H20Cl2N2O3S/c1-4-14-9(16)6-15(5-2)19(17,18)8-10(3)7-11(10,12)13/h4-8H2,1-3H3,(H,14,16)/t10-/m1/s1. The van der Waals surface area contributed by atoms with Gasteiger partial charge in [0.05, 0.1) is 12.3 Å². The van der Waals surface area contributed by atoms with E-state index in [4.69, 9.17) is 23.2 Å². The second-order valence-electron chi connectivity index (χ2n) is 5.08. The molecule has 8 heteroatoms. The summed E-state index contributed by atoms with van der Waals surface area (Å²) in [5, 5.41) is 2.58. The summed E-state index contributed by atoms with van der Waals surface area (Å²) in [7, 11) is -3.55. The number of sulfonamides is 1. The maximum atomic E-state index is 12.3. The normalized spacial score (nSPS) is 25.4. The van der Waals surface area contributed by atoms with Crippen LogP contribution in [0.5, 0.6) is 0 Å². The van der Waals surface area contributed by atoms with Crippen LogP contribution in [0.1, 0.15) is 27.2 Å². The average molecular weight is 331 g/mol. The quantitative estimate of drug-likeness (QED) is 0.716. The molecule has 19 heavy (non-hydrogen) atoms. The number of amides is 1. The number of nitrogens with zero attached hydrogens (tertiary/aromatic N) is 1. The summed E-state index contributed by atoms with van der Waals surface area (Å²) in [6.45, 7) is 5.77. The Kier molecular flexibility index (Phi) is 5.15. The third-order valence-corrected chi connectivity index (χ3v) is 6.67. The second kappa shape index (κ2) is 5.76. The van der Waals surface area contributed by atoms with E-state index >= 15 is 0 Å². The summed E-state index contributed by atoms with van der Waals surface area (Å²) < 4.78 is 24.7. The fraction of sp³-hybridized carbons (Fsp3) is 0.909. The lowest BCUT2D eigenvalue weighted by Gasteiger charge is -2.22. The number of nitrogens with one attached hydrogen (secondary N) is 1. The molecule has 1 N–H and O–H groups in total. The lowest BCUT2D eigenvalue weighted by molar-refractivity contribution is -0.121. The Morgan fingerprint density at radius 2 is 1.89 bits per heavy atom. The van der Waals surface area contributed by atoms with E-state index in [0.29, 0.717) is 13.0 Å². The molecule has 1 amide bonds. The highest BCUT2D eigenvalue weighted by atomic mass is 35.5. The smallest absolute Gasteiger partial charge is 0.235 e. The minimum atomic E-state index is -3.55. The molecule has 1 rings (SSSR count). The lowest BCUT2D eigenvalue weighted by Crippen LogP contribution is -2.43. The van der Waals surface area contributed by atoms with Crippen molar-refractivity contribution in [3.63, 3.8) is 0 Å². The van der Waals surface area contributed by atoms with Crippen LogP contribution in [0.3, 0.4) is 0 Å².